The van der Waals surface area contributed by atoms with E-state index in [9.17, 15) is 14.4 Å². The van der Waals surface area contributed by atoms with Crippen LogP contribution in [0, 0.1) is 0 Å². The number of aromatic amines is 1. The lowest BCUT2D eigenvalue weighted by Gasteiger charge is -2.05. The molecule has 2 aliphatic heterocycles. The highest BCUT2D eigenvalue weighted by atomic mass is 16.3. The maximum absolute atomic E-state index is 12.2. The molecule has 0 atom stereocenters. The fourth-order valence-electron chi connectivity index (χ4n) is 2.44. The molecule has 0 fully saturated rings. The number of aldehydes is 1. The molecule has 0 spiro atoms. The average molecular weight is 349 g/mol. The van der Waals surface area contributed by atoms with Crippen molar-refractivity contribution in [1.29, 1.82) is 0 Å². The maximum atomic E-state index is 12.2. The Morgan fingerprint density at radius 1 is 1.04 bits per heavy atom. The Balaban J connectivity index is 1.78. The number of hydrogen-bond acceptors (Lipinski definition) is 7. The standard InChI is InChI=1S/C17H11N5O4/c1-22-16(24)13-15(19-17(22)25)21-20-14(18-13)12-7-6-11(26-12)10-4-2-9(8-23)3-5-10/h2-8H,1H3,(H,19,21,25). The average Bonchev–Trinajstić information content (AvgIpc) is 3.16. The first-order chi connectivity index (χ1) is 12.6. The van der Waals surface area contributed by atoms with Crippen LogP contribution in [0.5, 0.6) is 0 Å². The molecular weight excluding hydrogens is 338 g/mol. The van der Waals surface area contributed by atoms with Gasteiger partial charge in [-0.05, 0) is 12.1 Å². The molecule has 2 aliphatic rings. The van der Waals surface area contributed by atoms with Crippen LogP contribution in [0.4, 0.5) is 0 Å². The Morgan fingerprint density at radius 3 is 2.50 bits per heavy atom. The SMILES string of the molecule is Cn1c(=O)nc2[nH]nc(-c3ccc(-c4ccc(C=O)cc4)o3)nc-2c1=O. The minimum Gasteiger partial charge on any atom is -0.453 e. The van der Waals surface area contributed by atoms with E-state index >= 15 is 0 Å². The third-order valence-corrected chi connectivity index (χ3v) is 3.87. The third-order valence-electron chi connectivity index (χ3n) is 3.87. The van der Waals surface area contributed by atoms with Crippen molar-refractivity contribution >= 4 is 6.29 Å². The molecule has 0 bridgehead atoms. The molecule has 0 saturated carbocycles. The van der Waals surface area contributed by atoms with Crippen LogP contribution in [0.25, 0.3) is 34.4 Å². The van der Waals surface area contributed by atoms with Crippen LogP contribution in [0.2, 0.25) is 0 Å². The number of carbonyl (C=O) groups excluding carboxylic acids is 1. The Labute approximate surface area is 145 Å². The number of fused-ring (bicyclic) bond motifs is 1. The summed E-state index contributed by atoms with van der Waals surface area (Å²) in [6.45, 7) is 0. The van der Waals surface area contributed by atoms with Gasteiger partial charge in [0, 0.05) is 18.2 Å². The molecule has 4 rings (SSSR count). The molecule has 0 aliphatic carbocycles. The summed E-state index contributed by atoms with van der Waals surface area (Å²) in [6, 6.07) is 10.3. The lowest BCUT2D eigenvalue weighted by atomic mass is 10.1. The van der Waals surface area contributed by atoms with Gasteiger partial charge in [-0.15, -0.1) is 5.10 Å². The van der Waals surface area contributed by atoms with Gasteiger partial charge in [-0.2, -0.15) is 4.98 Å². The number of H-pyrrole nitrogens is 1. The smallest absolute Gasteiger partial charge is 0.352 e. The molecule has 1 N–H and O–H groups in total. The summed E-state index contributed by atoms with van der Waals surface area (Å²) < 4.78 is 6.62. The van der Waals surface area contributed by atoms with Crippen LogP contribution < -0.4 is 11.2 Å². The van der Waals surface area contributed by atoms with Gasteiger partial charge < -0.3 is 4.42 Å². The van der Waals surface area contributed by atoms with Gasteiger partial charge in [0.1, 0.15) is 12.0 Å². The monoisotopic (exact) mass is 349 g/mol. The number of nitrogens with one attached hydrogen (secondary N) is 1. The van der Waals surface area contributed by atoms with E-state index in [0.29, 0.717) is 17.1 Å². The predicted octanol–water partition coefficient (Wildman–Crippen LogP) is 1.10. The molecule has 9 heteroatoms. The Bertz CT molecular complexity index is 1200. The van der Waals surface area contributed by atoms with Crippen molar-refractivity contribution in [3.63, 3.8) is 0 Å². The summed E-state index contributed by atoms with van der Waals surface area (Å²) in [6.07, 6.45) is 0.762. The summed E-state index contributed by atoms with van der Waals surface area (Å²) in [5.41, 5.74) is 0.0740. The number of nitrogens with zero attached hydrogens (tertiary/aromatic N) is 4. The van der Waals surface area contributed by atoms with E-state index in [0.717, 1.165) is 16.4 Å². The fraction of sp³-hybridized carbons (Fsp3) is 0.0588. The number of rotatable bonds is 3. The molecule has 26 heavy (non-hydrogen) atoms. The summed E-state index contributed by atoms with van der Waals surface area (Å²) in [5, 5.41) is 6.55. The van der Waals surface area contributed by atoms with E-state index in [1.54, 1.807) is 36.4 Å². The molecule has 0 saturated heterocycles. The highest BCUT2D eigenvalue weighted by molar-refractivity contribution is 5.76. The predicted molar refractivity (Wildman–Crippen MR) is 90.8 cm³/mol. The molecule has 0 amide bonds. The van der Waals surface area contributed by atoms with E-state index < -0.39 is 11.2 Å². The Morgan fingerprint density at radius 2 is 1.77 bits per heavy atom. The Kier molecular flexibility index (Phi) is 3.54. The first-order valence-corrected chi connectivity index (χ1v) is 7.56. The van der Waals surface area contributed by atoms with Gasteiger partial charge in [-0.3, -0.25) is 19.3 Å². The number of furan rings is 1. The highest BCUT2D eigenvalue weighted by Gasteiger charge is 2.18. The maximum Gasteiger partial charge on any atom is 0.352 e. The van der Waals surface area contributed by atoms with Gasteiger partial charge in [0.25, 0.3) is 5.56 Å². The largest absolute Gasteiger partial charge is 0.453 e. The van der Waals surface area contributed by atoms with E-state index in [4.69, 9.17) is 4.42 Å². The first-order valence-electron chi connectivity index (χ1n) is 7.56. The third kappa shape index (κ3) is 2.51. The van der Waals surface area contributed by atoms with Gasteiger partial charge in [-0.25, -0.2) is 9.78 Å². The zero-order valence-electron chi connectivity index (χ0n) is 13.5. The topological polar surface area (TPSA) is 124 Å². The van der Waals surface area contributed by atoms with Crippen LogP contribution >= 0.6 is 0 Å². The molecular formula is C17H11N5O4. The van der Waals surface area contributed by atoms with E-state index in [-0.39, 0.29) is 17.3 Å². The minimum absolute atomic E-state index is 0.00890. The first kappa shape index (κ1) is 15.6. The van der Waals surface area contributed by atoms with Crippen molar-refractivity contribution in [3.05, 3.63) is 62.8 Å². The van der Waals surface area contributed by atoms with Crippen LogP contribution in [0.15, 0.2) is 50.4 Å². The number of carbonyl (C=O) groups is 1. The van der Waals surface area contributed by atoms with Gasteiger partial charge >= 0.3 is 5.69 Å². The van der Waals surface area contributed by atoms with Crippen molar-refractivity contribution in [2.24, 2.45) is 7.05 Å². The summed E-state index contributed by atoms with van der Waals surface area (Å²) >= 11 is 0. The van der Waals surface area contributed by atoms with Crippen molar-refractivity contribution < 1.29 is 9.21 Å². The molecule has 9 nitrogen and oxygen atoms in total. The van der Waals surface area contributed by atoms with Crippen molar-refractivity contribution in [1.82, 2.24) is 24.7 Å². The van der Waals surface area contributed by atoms with Crippen molar-refractivity contribution in [2.45, 2.75) is 0 Å². The van der Waals surface area contributed by atoms with Crippen LogP contribution in [-0.4, -0.2) is 31.0 Å². The van der Waals surface area contributed by atoms with Crippen LogP contribution in [0.3, 0.4) is 0 Å². The summed E-state index contributed by atoms with van der Waals surface area (Å²) in [7, 11) is 1.33. The lowest BCUT2D eigenvalue weighted by molar-refractivity contribution is 0.112. The molecule has 128 valence electrons. The minimum atomic E-state index is -0.686. The van der Waals surface area contributed by atoms with Crippen LogP contribution in [-0.2, 0) is 7.05 Å². The van der Waals surface area contributed by atoms with Crippen molar-refractivity contribution in [2.75, 3.05) is 0 Å². The zero-order chi connectivity index (χ0) is 18.3. The zero-order valence-corrected chi connectivity index (χ0v) is 13.5. The second-order valence-electron chi connectivity index (χ2n) is 5.52. The Hall–Kier alpha value is -3.88. The number of aromatic nitrogens is 5. The molecule has 2 aromatic rings. The molecule has 0 radical (unpaired) electrons. The van der Waals surface area contributed by atoms with Gasteiger partial charge in [0.15, 0.2) is 17.3 Å². The summed E-state index contributed by atoms with van der Waals surface area (Å²) in [4.78, 5) is 42.3. The molecule has 3 heterocycles. The van der Waals surface area contributed by atoms with E-state index in [1.807, 2.05) is 0 Å². The highest BCUT2D eigenvalue weighted by Crippen LogP contribution is 2.27. The fourth-order valence-corrected chi connectivity index (χ4v) is 2.44. The quantitative estimate of drug-likeness (QED) is 0.549. The molecule has 1 aromatic carbocycles. The normalized spacial score (nSPS) is 11.0. The molecule has 1 aromatic heterocycles. The van der Waals surface area contributed by atoms with Gasteiger partial charge in [0.05, 0.1) is 0 Å². The van der Waals surface area contributed by atoms with Gasteiger partial charge in [-0.1, -0.05) is 24.3 Å². The van der Waals surface area contributed by atoms with E-state index in [2.05, 4.69) is 20.2 Å². The lowest BCUT2D eigenvalue weighted by Crippen LogP contribution is -2.35. The second-order valence-corrected chi connectivity index (χ2v) is 5.52. The van der Waals surface area contributed by atoms with Crippen LogP contribution in [0.1, 0.15) is 10.4 Å². The molecule has 0 unspecified atom stereocenters. The second kappa shape index (κ2) is 5.88. The number of benzene rings is 1. The number of hydrogen-bond donors (Lipinski definition) is 1. The summed E-state index contributed by atoms with van der Waals surface area (Å²) in [5.74, 6) is 1.07. The van der Waals surface area contributed by atoms with Crippen molar-refractivity contribution in [3.8, 4) is 34.4 Å². The van der Waals surface area contributed by atoms with E-state index in [1.165, 1.54) is 7.05 Å². The van der Waals surface area contributed by atoms with Gasteiger partial charge in [0.2, 0.25) is 5.82 Å².